The summed E-state index contributed by atoms with van der Waals surface area (Å²) in [6, 6.07) is 18.8. The molecule has 0 bridgehead atoms. The Kier molecular flexibility index (Phi) is 5.33. The minimum atomic E-state index is -0.380. The summed E-state index contributed by atoms with van der Waals surface area (Å²) in [6.07, 6.45) is 1.74. The van der Waals surface area contributed by atoms with E-state index in [4.69, 9.17) is 9.15 Å². The topological polar surface area (TPSA) is 71.8 Å². The van der Waals surface area contributed by atoms with Crippen molar-refractivity contribution in [2.75, 3.05) is 23.4 Å². The van der Waals surface area contributed by atoms with Gasteiger partial charge in [-0.25, -0.2) is 4.79 Å². The molecule has 29 heavy (non-hydrogen) atoms. The molecule has 6 nitrogen and oxygen atoms in total. The van der Waals surface area contributed by atoms with Gasteiger partial charge in [0.1, 0.15) is 12.4 Å². The van der Waals surface area contributed by atoms with Crippen LogP contribution in [0.4, 0.5) is 16.2 Å². The van der Waals surface area contributed by atoms with Gasteiger partial charge in [0.25, 0.3) is 0 Å². The van der Waals surface area contributed by atoms with Gasteiger partial charge in [-0.15, -0.1) is 0 Å². The minimum Gasteiger partial charge on any atom is -0.469 e. The van der Waals surface area contributed by atoms with Gasteiger partial charge in [0.05, 0.1) is 18.7 Å². The molecule has 1 aliphatic heterocycles. The number of carbonyl (C=O) groups is 2. The zero-order chi connectivity index (χ0) is 20.2. The van der Waals surface area contributed by atoms with Gasteiger partial charge < -0.3 is 14.5 Å². The fraction of sp³-hybridized carbons (Fsp3) is 0.217. The van der Waals surface area contributed by atoms with E-state index in [0.717, 1.165) is 22.6 Å². The standard InChI is InChI=1S/C23H22N2O4/c1-16-4-6-17(7-5-16)21(15-20-3-2-13-28-20)22(26)24-18-8-10-19(11-9-18)25-12-14-29-23(25)27/h2-11,13,21H,12,14-15H2,1H3,(H,24,26). The molecule has 1 aromatic heterocycles. The number of rotatable bonds is 6. The van der Waals surface area contributed by atoms with E-state index in [1.807, 2.05) is 43.3 Å². The third kappa shape index (κ3) is 4.32. The van der Waals surface area contributed by atoms with E-state index in [-0.39, 0.29) is 17.9 Å². The van der Waals surface area contributed by atoms with Crippen LogP contribution in [0.2, 0.25) is 0 Å². The maximum Gasteiger partial charge on any atom is 0.414 e. The van der Waals surface area contributed by atoms with Crippen LogP contribution in [-0.2, 0) is 16.0 Å². The smallest absolute Gasteiger partial charge is 0.414 e. The van der Waals surface area contributed by atoms with Crippen molar-refractivity contribution >= 4 is 23.4 Å². The minimum absolute atomic E-state index is 0.112. The van der Waals surface area contributed by atoms with Crippen molar-refractivity contribution in [1.82, 2.24) is 0 Å². The zero-order valence-electron chi connectivity index (χ0n) is 16.1. The summed E-state index contributed by atoms with van der Waals surface area (Å²) >= 11 is 0. The van der Waals surface area contributed by atoms with Crippen LogP contribution in [0, 0.1) is 6.92 Å². The van der Waals surface area contributed by atoms with Gasteiger partial charge in [0.2, 0.25) is 5.91 Å². The highest BCUT2D eigenvalue weighted by molar-refractivity contribution is 5.96. The van der Waals surface area contributed by atoms with E-state index >= 15 is 0 Å². The summed E-state index contributed by atoms with van der Waals surface area (Å²) in [4.78, 5) is 26.3. The Morgan fingerprint density at radius 3 is 2.48 bits per heavy atom. The molecule has 0 spiro atoms. The van der Waals surface area contributed by atoms with E-state index in [9.17, 15) is 9.59 Å². The van der Waals surface area contributed by atoms with Gasteiger partial charge in [-0.2, -0.15) is 0 Å². The number of aryl methyl sites for hydroxylation is 1. The van der Waals surface area contributed by atoms with E-state index in [2.05, 4.69) is 5.32 Å². The van der Waals surface area contributed by atoms with Crippen LogP contribution < -0.4 is 10.2 Å². The molecule has 2 aromatic carbocycles. The summed E-state index contributed by atoms with van der Waals surface area (Å²) in [5.74, 6) is 0.266. The van der Waals surface area contributed by atoms with Crippen LogP contribution in [-0.4, -0.2) is 25.2 Å². The second-order valence-corrected chi connectivity index (χ2v) is 7.05. The van der Waals surface area contributed by atoms with Crippen LogP contribution in [0.25, 0.3) is 0 Å². The Morgan fingerprint density at radius 2 is 1.86 bits per heavy atom. The molecule has 1 aliphatic rings. The molecule has 4 rings (SSSR count). The fourth-order valence-corrected chi connectivity index (χ4v) is 3.37. The summed E-state index contributed by atoms with van der Waals surface area (Å²) in [5, 5.41) is 2.98. The number of hydrogen-bond donors (Lipinski definition) is 1. The molecule has 6 heteroatoms. The molecule has 1 saturated heterocycles. The molecule has 2 amide bonds. The number of cyclic esters (lactones) is 1. The van der Waals surface area contributed by atoms with E-state index in [0.29, 0.717) is 25.3 Å². The molecule has 1 fully saturated rings. The average Bonchev–Trinajstić information content (AvgIpc) is 3.39. The molecule has 0 radical (unpaired) electrons. The van der Waals surface area contributed by atoms with Crippen LogP contribution in [0.15, 0.2) is 71.3 Å². The normalized spacial score (nSPS) is 14.5. The van der Waals surface area contributed by atoms with Crippen LogP contribution in [0.1, 0.15) is 22.8 Å². The van der Waals surface area contributed by atoms with Crippen molar-refractivity contribution in [3.05, 3.63) is 83.8 Å². The summed E-state index contributed by atoms with van der Waals surface area (Å²) in [6.45, 7) is 2.94. The Bertz CT molecular complexity index is 979. The lowest BCUT2D eigenvalue weighted by Gasteiger charge is -2.18. The average molecular weight is 390 g/mol. The van der Waals surface area contributed by atoms with Gasteiger partial charge in [0.15, 0.2) is 0 Å². The zero-order valence-corrected chi connectivity index (χ0v) is 16.1. The molecule has 1 unspecified atom stereocenters. The lowest BCUT2D eigenvalue weighted by molar-refractivity contribution is -0.117. The predicted octanol–water partition coefficient (Wildman–Crippen LogP) is 4.51. The van der Waals surface area contributed by atoms with Crippen molar-refractivity contribution in [2.45, 2.75) is 19.3 Å². The first-order chi connectivity index (χ1) is 14.1. The summed E-state index contributed by atoms with van der Waals surface area (Å²) in [7, 11) is 0. The van der Waals surface area contributed by atoms with Gasteiger partial charge in [-0.1, -0.05) is 29.8 Å². The Balaban J connectivity index is 1.51. The van der Waals surface area contributed by atoms with Crippen molar-refractivity contribution in [1.29, 1.82) is 0 Å². The Morgan fingerprint density at radius 1 is 1.10 bits per heavy atom. The number of benzene rings is 2. The summed E-state index contributed by atoms with van der Waals surface area (Å²) < 4.78 is 10.4. The van der Waals surface area contributed by atoms with Crippen molar-refractivity contribution < 1.29 is 18.7 Å². The first-order valence-corrected chi connectivity index (χ1v) is 9.54. The molecule has 148 valence electrons. The van der Waals surface area contributed by atoms with Crippen LogP contribution in [0.5, 0.6) is 0 Å². The molecular weight excluding hydrogens is 368 g/mol. The van der Waals surface area contributed by atoms with Crippen molar-refractivity contribution in [2.24, 2.45) is 0 Å². The highest BCUT2D eigenvalue weighted by atomic mass is 16.6. The lowest BCUT2D eigenvalue weighted by Crippen LogP contribution is -2.24. The number of anilines is 2. The highest BCUT2D eigenvalue weighted by Crippen LogP contribution is 2.25. The molecule has 0 saturated carbocycles. The number of ether oxygens (including phenoxy) is 1. The number of hydrogen-bond acceptors (Lipinski definition) is 4. The molecular formula is C23H22N2O4. The SMILES string of the molecule is Cc1ccc(C(Cc2ccco2)C(=O)Nc2ccc(N3CCOC3=O)cc2)cc1. The Labute approximate surface area is 169 Å². The number of nitrogens with one attached hydrogen (secondary N) is 1. The number of amides is 2. The molecule has 0 aliphatic carbocycles. The van der Waals surface area contributed by atoms with Crippen LogP contribution >= 0.6 is 0 Å². The fourth-order valence-electron chi connectivity index (χ4n) is 3.37. The predicted molar refractivity (Wildman–Crippen MR) is 110 cm³/mol. The maximum absolute atomic E-state index is 13.1. The molecule has 1 atom stereocenters. The Hall–Kier alpha value is -3.54. The quantitative estimate of drug-likeness (QED) is 0.672. The van der Waals surface area contributed by atoms with Gasteiger partial charge >= 0.3 is 6.09 Å². The third-order valence-corrected chi connectivity index (χ3v) is 4.99. The van der Waals surface area contributed by atoms with Gasteiger partial charge in [-0.05, 0) is 48.9 Å². The first-order valence-electron chi connectivity index (χ1n) is 9.54. The summed E-state index contributed by atoms with van der Waals surface area (Å²) in [5.41, 5.74) is 3.49. The van der Waals surface area contributed by atoms with E-state index in [1.165, 1.54) is 0 Å². The number of nitrogens with zero attached hydrogens (tertiary/aromatic N) is 1. The first kappa shape index (κ1) is 18.8. The third-order valence-electron chi connectivity index (χ3n) is 4.99. The van der Waals surface area contributed by atoms with Gasteiger partial charge in [0, 0.05) is 17.8 Å². The second kappa shape index (κ2) is 8.22. The number of furan rings is 1. The van der Waals surface area contributed by atoms with E-state index in [1.54, 1.807) is 35.4 Å². The lowest BCUT2D eigenvalue weighted by atomic mass is 9.93. The monoisotopic (exact) mass is 390 g/mol. The number of carbonyl (C=O) groups excluding carboxylic acids is 2. The maximum atomic E-state index is 13.1. The highest BCUT2D eigenvalue weighted by Gasteiger charge is 2.24. The van der Waals surface area contributed by atoms with Crippen LogP contribution in [0.3, 0.4) is 0 Å². The van der Waals surface area contributed by atoms with Crippen molar-refractivity contribution in [3.8, 4) is 0 Å². The van der Waals surface area contributed by atoms with Crippen molar-refractivity contribution in [3.63, 3.8) is 0 Å². The molecule has 1 N–H and O–H groups in total. The molecule has 3 aromatic rings. The second-order valence-electron chi connectivity index (χ2n) is 7.05. The molecule has 2 heterocycles. The van der Waals surface area contributed by atoms with E-state index < -0.39 is 0 Å². The van der Waals surface area contributed by atoms with Gasteiger partial charge in [-0.3, -0.25) is 9.69 Å². The largest absolute Gasteiger partial charge is 0.469 e.